The van der Waals surface area contributed by atoms with Crippen LogP contribution in [0.25, 0.3) is 0 Å². The van der Waals surface area contributed by atoms with Gasteiger partial charge in [0, 0.05) is 12.7 Å². The molecule has 1 unspecified atom stereocenters. The summed E-state index contributed by atoms with van der Waals surface area (Å²) in [6, 6.07) is 1.55. The standard InChI is InChI=1S/C9H12BrNO3/c1-6(12)2-3-11-5-7(9(13)14)4-8(11)10/h4-6,12H,2-3H2,1H3,(H,13,14). The third kappa shape index (κ3) is 2.85. The fourth-order valence-electron chi connectivity index (χ4n) is 1.09. The quantitative estimate of drug-likeness (QED) is 0.868. The molecule has 1 rings (SSSR count). The van der Waals surface area contributed by atoms with Gasteiger partial charge in [-0.25, -0.2) is 4.79 Å². The highest BCUT2D eigenvalue weighted by molar-refractivity contribution is 9.10. The van der Waals surface area contributed by atoms with Gasteiger partial charge in [-0.2, -0.15) is 0 Å². The van der Waals surface area contributed by atoms with E-state index < -0.39 is 5.97 Å². The van der Waals surface area contributed by atoms with Crippen LogP contribution in [-0.2, 0) is 6.54 Å². The first-order valence-electron chi connectivity index (χ1n) is 4.27. The van der Waals surface area contributed by atoms with E-state index in [2.05, 4.69) is 15.9 Å². The van der Waals surface area contributed by atoms with E-state index in [0.717, 1.165) is 4.60 Å². The Balaban J connectivity index is 2.72. The molecule has 0 aliphatic rings. The Morgan fingerprint density at radius 2 is 2.36 bits per heavy atom. The van der Waals surface area contributed by atoms with Crippen LogP contribution in [0.15, 0.2) is 16.9 Å². The van der Waals surface area contributed by atoms with E-state index in [1.807, 2.05) is 0 Å². The topological polar surface area (TPSA) is 62.5 Å². The van der Waals surface area contributed by atoms with Crippen molar-refractivity contribution in [3.8, 4) is 0 Å². The molecule has 1 atom stereocenters. The van der Waals surface area contributed by atoms with Crippen LogP contribution < -0.4 is 0 Å². The van der Waals surface area contributed by atoms with Gasteiger partial charge in [0.05, 0.1) is 16.3 Å². The summed E-state index contributed by atoms with van der Waals surface area (Å²) in [4.78, 5) is 10.6. The number of aryl methyl sites for hydroxylation is 1. The van der Waals surface area contributed by atoms with E-state index in [1.165, 1.54) is 0 Å². The molecule has 1 aromatic heterocycles. The number of carbonyl (C=O) groups is 1. The summed E-state index contributed by atoms with van der Waals surface area (Å²) in [7, 11) is 0. The molecular weight excluding hydrogens is 250 g/mol. The minimum Gasteiger partial charge on any atom is -0.478 e. The minimum atomic E-state index is -0.943. The average molecular weight is 262 g/mol. The molecule has 14 heavy (non-hydrogen) atoms. The van der Waals surface area contributed by atoms with Crippen molar-refractivity contribution >= 4 is 21.9 Å². The summed E-state index contributed by atoms with van der Waals surface area (Å²) in [5.74, 6) is -0.943. The van der Waals surface area contributed by atoms with E-state index in [4.69, 9.17) is 10.2 Å². The third-order valence-corrected chi connectivity index (χ3v) is 2.56. The van der Waals surface area contributed by atoms with E-state index in [-0.39, 0.29) is 11.7 Å². The van der Waals surface area contributed by atoms with E-state index in [9.17, 15) is 4.79 Å². The Bertz CT molecular complexity index is 333. The van der Waals surface area contributed by atoms with Crippen molar-refractivity contribution < 1.29 is 15.0 Å². The SMILES string of the molecule is CC(O)CCn1cc(C(=O)O)cc1Br. The molecule has 0 saturated heterocycles. The number of aromatic carboxylic acids is 1. The number of rotatable bonds is 4. The number of aromatic nitrogens is 1. The molecule has 0 saturated carbocycles. The van der Waals surface area contributed by atoms with Crippen LogP contribution in [0.4, 0.5) is 0 Å². The van der Waals surface area contributed by atoms with Crippen molar-refractivity contribution in [3.05, 3.63) is 22.4 Å². The molecule has 1 aromatic rings. The molecule has 1 heterocycles. The average Bonchev–Trinajstić information content (AvgIpc) is 2.43. The number of aliphatic hydroxyl groups excluding tert-OH is 1. The van der Waals surface area contributed by atoms with Gasteiger partial charge in [-0.1, -0.05) is 0 Å². The summed E-state index contributed by atoms with van der Waals surface area (Å²) in [6.07, 6.45) is 1.78. The van der Waals surface area contributed by atoms with Gasteiger partial charge in [0.25, 0.3) is 0 Å². The zero-order chi connectivity index (χ0) is 10.7. The Labute approximate surface area is 90.3 Å². The van der Waals surface area contributed by atoms with Gasteiger partial charge >= 0.3 is 5.97 Å². The molecule has 0 aliphatic carbocycles. The van der Waals surface area contributed by atoms with Crippen LogP contribution >= 0.6 is 15.9 Å². The monoisotopic (exact) mass is 261 g/mol. The first kappa shape index (κ1) is 11.3. The largest absolute Gasteiger partial charge is 0.478 e. The van der Waals surface area contributed by atoms with Gasteiger partial charge in [0.2, 0.25) is 0 Å². The predicted molar refractivity (Wildman–Crippen MR) is 55.4 cm³/mol. The lowest BCUT2D eigenvalue weighted by Gasteiger charge is -2.06. The van der Waals surface area contributed by atoms with Gasteiger partial charge in [-0.05, 0) is 35.3 Å². The van der Waals surface area contributed by atoms with Crippen molar-refractivity contribution in [2.75, 3.05) is 0 Å². The summed E-state index contributed by atoms with van der Waals surface area (Å²) < 4.78 is 2.48. The van der Waals surface area contributed by atoms with Crippen LogP contribution in [0.1, 0.15) is 23.7 Å². The first-order chi connectivity index (χ1) is 6.50. The second kappa shape index (κ2) is 4.61. The van der Waals surface area contributed by atoms with Crippen molar-refractivity contribution in [1.82, 2.24) is 4.57 Å². The number of aliphatic hydroxyl groups is 1. The number of carboxylic acids is 1. The normalized spacial score (nSPS) is 12.8. The third-order valence-electron chi connectivity index (χ3n) is 1.88. The van der Waals surface area contributed by atoms with E-state index in [1.54, 1.807) is 23.8 Å². The van der Waals surface area contributed by atoms with Crippen LogP contribution in [-0.4, -0.2) is 26.9 Å². The van der Waals surface area contributed by atoms with Crippen molar-refractivity contribution in [2.45, 2.75) is 26.0 Å². The summed E-state index contributed by atoms with van der Waals surface area (Å²) in [5, 5.41) is 17.8. The minimum absolute atomic E-state index is 0.252. The fourth-order valence-corrected chi connectivity index (χ4v) is 1.62. The van der Waals surface area contributed by atoms with Gasteiger partial charge < -0.3 is 14.8 Å². The highest BCUT2D eigenvalue weighted by Gasteiger charge is 2.09. The second-order valence-electron chi connectivity index (χ2n) is 3.19. The zero-order valence-electron chi connectivity index (χ0n) is 7.77. The lowest BCUT2D eigenvalue weighted by atomic mass is 10.3. The number of hydrogen-bond donors (Lipinski definition) is 2. The van der Waals surface area contributed by atoms with Crippen LogP contribution in [0, 0.1) is 0 Å². The predicted octanol–water partition coefficient (Wildman–Crippen LogP) is 1.72. The molecule has 78 valence electrons. The molecule has 4 nitrogen and oxygen atoms in total. The maximum absolute atomic E-state index is 10.6. The maximum atomic E-state index is 10.6. The van der Waals surface area contributed by atoms with Gasteiger partial charge in [0.15, 0.2) is 0 Å². The fraction of sp³-hybridized carbons (Fsp3) is 0.444. The van der Waals surface area contributed by atoms with Crippen LogP contribution in [0.3, 0.4) is 0 Å². The lowest BCUT2D eigenvalue weighted by molar-refractivity contribution is 0.0697. The van der Waals surface area contributed by atoms with Crippen molar-refractivity contribution in [1.29, 1.82) is 0 Å². The number of halogens is 1. The van der Waals surface area contributed by atoms with Crippen molar-refractivity contribution in [2.24, 2.45) is 0 Å². The Hall–Kier alpha value is -0.810. The van der Waals surface area contributed by atoms with Crippen molar-refractivity contribution in [3.63, 3.8) is 0 Å². The number of hydrogen-bond acceptors (Lipinski definition) is 2. The summed E-state index contributed by atoms with van der Waals surface area (Å²) in [5.41, 5.74) is 0.252. The zero-order valence-corrected chi connectivity index (χ0v) is 9.36. The molecule has 0 amide bonds. The van der Waals surface area contributed by atoms with Crippen LogP contribution in [0.5, 0.6) is 0 Å². The molecule has 0 bridgehead atoms. The molecule has 0 radical (unpaired) electrons. The Morgan fingerprint density at radius 3 is 2.79 bits per heavy atom. The van der Waals surface area contributed by atoms with Gasteiger partial charge in [-0.3, -0.25) is 0 Å². The molecular formula is C9H12BrNO3. The maximum Gasteiger partial charge on any atom is 0.337 e. The highest BCUT2D eigenvalue weighted by atomic mass is 79.9. The molecule has 0 spiro atoms. The highest BCUT2D eigenvalue weighted by Crippen LogP contribution is 2.16. The number of carboxylic acid groups (broad SMARTS) is 1. The van der Waals surface area contributed by atoms with Gasteiger partial charge in [-0.15, -0.1) is 0 Å². The molecule has 0 aromatic carbocycles. The second-order valence-corrected chi connectivity index (χ2v) is 4.00. The van der Waals surface area contributed by atoms with Gasteiger partial charge in [0.1, 0.15) is 0 Å². The smallest absolute Gasteiger partial charge is 0.337 e. The Kier molecular flexibility index (Phi) is 3.71. The van der Waals surface area contributed by atoms with Crippen LogP contribution in [0.2, 0.25) is 0 Å². The molecule has 0 aliphatic heterocycles. The molecule has 2 N–H and O–H groups in total. The van der Waals surface area contributed by atoms with E-state index >= 15 is 0 Å². The first-order valence-corrected chi connectivity index (χ1v) is 5.07. The Morgan fingerprint density at radius 1 is 1.71 bits per heavy atom. The molecule has 5 heteroatoms. The molecule has 0 fully saturated rings. The number of nitrogens with zero attached hydrogens (tertiary/aromatic N) is 1. The summed E-state index contributed by atoms with van der Waals surface area (Å²) in [6.45, 7) is 2.31. The lowest BCUT2D eigenvalue weighted by Crippen LogP contribution is -2.06. The summed E-state index contributed by atoms with van der Waals surface area (Å²) >= 11 is 3.25. The van der Waals surface area contributed by atoms with E-state index in [0.29, 0.717) is 13.0 Å².